The van der Waals surface area contributed by atoms with Gasteiger partial charge in [0.05, 0.1) is 35.8 Å². The zero-order valence-corrected chi connectivity index (χ0v) is 23.0. The number of hydrogen-bond donors (Lipinski definition) is 2. The van der Waals surface area contributed by atoms with E-state index in [1.807, 2.05) is 12.1 Å². The molecule has 212 valence electrons. The number of hydrogen-bond acceptors (Lipinski definition) is 6. The van der Waals surface area contributed by atoms with Gasteiger partial charge >= 0.3 is 0 Å². The molecule has 5 rings (SSSR count). The summed E-state index contributed by atoms with van der Waals surface area (Å²) >= 11 is 0. The van der Waals surface area contributed by atoms with Crippen molar-refractivity contribution in [3.63, 3.8) is 0 Å². The summed E-state index contributed by atoms with van der Waals surface area (Å²) in [5, 5.41) is 14.0. The number of nitrogens with one attached hydrogen (secondary N) is 1. The van der Waals surface area contributed by atoms with E-state index in [1.54, 1.807) is 32.6 Å². The van der Waals surface area contributed by atoms with E-state index in [9.17, 15) is 23.1 Å². The molecule has 0 radical (unpaired) electrons. The van der Waals surface area contributed by atoms with Crippen LogP contribution in [0.25, 0.3) is 16.5 Å². The molecule has 2 aromatic carbocycles. The first-order valence-electron chi connectivity index (χ1n) is 13.4. The molecule has 0 spiro atoms. The smallest absolute Gasteiger partial charge is 0.266 e. The van der Waals surface area contributed by atoms with Gasteiger partial charge in [-0.15, -0.1) is 0 Å². The Bertz CT molecular complexity index is 1500. The van der Waals surface area contributed by atoms with Gasteiger partial charge in [0.25, 0.3) is 6.43 Å². The van der Waals surface area contributed by atoms with E-state index < -0.39 is 29.4 Å². The van der Waals surface area contributed by atoms with E-state index in [4.69, 9.17) is 9.72 Å². The number of aliphatic hydroxyl groups is 1. The first kappa shape index (κ1) is 27.9. The summed E-state index contributed by atoms with van der Waals surface area (Å²) < 4.78 is 47.6. The van der Waals surface area contributed by atoms with Gasteiger partial charge in [0, 0.05) is 41.6 Å². The highest BCUT2D eigenvalue weighted by molar-refractivity contribution is 5.97. The van der Waals surface area contributed by atoms with E-state index in [0.29, 0.717) is 44.2 Å². The summed E-state index contributed by atoms with van der Waals surface area (Å²) in [7, 11) is 0. The number of nitrogens with zero attached hydrogens (tertiary/aromatic N) is 3. The fraction of sp³-hybridized carbons (Fsp3) is 0.433. The van der Waals surface area contributed by atoms with Gasteiger partial charge in [-0.1, -0.05) is 24.3 Å². The Morgan fingerprint density at radius 1 is 1.23 bits per heavy atom. The van der Waals surface area contributed by atoms with Crippen molar-refractivity contribution in [1.29, 1.82) is 0 Å². The Morgan fingerprint density at radius 2 is 1.98 bits per heavy atom. The average molecular weight is 555 g/mol. The van der Waals surface area contributed by atoms with Crippen LogP contribution in [0.5, 0.6) is 5.75 Å². The van der Waals surface area contributed by atoms with E-state index in [2.05, 4.69) is 10.3 Å². The molecule has 40 heavy (non-hydrogen) atoms. The molecule has 2 N–H and O–H groups in total. The third kappa shape index (κ3) is 5.50. The lowest BCUT2D eigenvalue weighted by molar-refractivity contribution is -0.134. The van der Waals surface area contributed by atoms with Gasteiger partial charge in [0.15, 0.2) is 0 Å². The number of carbonyl (C=O) groups excluding carboxylic acids is 1. The van der Waals surface area contributed by atoms with Crippen molar-refractivity contribution in [2.45, 2.75) is 65.0 Å². The maximum atomic E-state index is 14.9. The Kier molecular flexibility index (Phi) is 7.48. The molecule has 10 heteroatoms. The molecule has 3 aromatic rings. The summed E-state index contributed by atoms with van der Waals surface area (Å²) in [6.45, 7) is 8.16. The van der Waals surface area contributed by atoms with Crippen LogP contribution < -0.4 is 10.1 Å². The van der Waals surface area contributed by atoms with Crippen molar-refractivity contribution < 1.29 is 27.8 Å². The van der Waals surface area contributed by atoms with Crippen molar-refractivity contribution >= 4 is 28.2 Å². The van der Waals surface area contributed by atoms with Crippen LogP contribution >= 0.6 is 0 Å². The molecular formula is C30H33F3N4O3. The number of aromatic nitrogens is 2. The van der Waals surface area contributed by atoms with Crippen LogP contribution in [0.2, 0.25) is 0 Å². The second-order valence-corrected chi connectivity index (χ2v) is 11.1. The first-order chi connectivity index (χ1) is 18.9. The molecule has 0 unspecified atom stereocenters. The Morgan fingerprint density at radius 3 is 2.65 bits per heavy atom. The van der Waals surface area contributed by atoms with Crippen molar-refractivity contribution in [1.82, 2.24) is 14.9 Å². The summed E-state index contributed by atoms with van der Waals surface area (Å²) in [5.41, 5.74) is 2.03. The molecule has 2 aliphatic heterocycles. The second kappa shape index (κ2) is 10.7. The highest BCUT2D eigenvalue weighted by Crippen LogP contribution is 2.42. The van der Waals surface area contributed by atoms with Gasteiger partial charge in [-0.3, -0.25) is 4.79 Å². The number of benzene rings is 2. The topological polar surface area (TPSA) is 87.6 Å². The number of amides is 1. The number of anilines is 1. The molecule has 1 atom stereocenters. The van der Waals surface area contributed by atoms with Crippen LogP contribution in [-0.2, 0) is 11.2 Å². The SMILES string of the molecule is Cc1nc(N[C@H](C)c2cccc(C(F)F)c2F)c2cc(C3=CCN(C(=O)CC(C)(C)O)CC3)c3c(c2n1)CCO3. The average Bonchev–Trinajstić information content (AvgIpc) is 3.38. The lowest BCUT2D eigenvalue weighted by Gasteiger charge is -2.29. The van der Waals surface area contributed by atoms with E-state index in [1.165, 1.54) is 12.1 Å². The van der Waals surface area contributed by atoms with Crippen LogP contribution in [0.15, 0.2) is 30.3 Å². The van der Waals surface area contributed by atoms with Crippen molar-refractivity contribution in [2.24, 2.45) is 0 Å². The summed E-state index contributed by atoms with van der Waals surface area (Å²) in [6.07, 6.45) is 0.417. The number of fused-ring (bicyclic) bond motifs is 3. The molecule has 1 aromatic heterocycles. The zero-order chi connectivity index (χ0) is 28.8. The molecule has 0 saturated heterocycles. The van der Waals surface area contributed by atoms with Crippen LogP contribution in [0.3, 0.4) is 0 Å². The van der Waals surface area contributed by atoms with Crippen LogP contribution in [0.1, 0.15) is 74.2 Å². The number of aryl methyl sites for hydroxylation is 1. The monoisotopic (exact) mass is 554 g/mol. The third-order valence-corrected chi connectivity index (χ3v) is 7.35. The minimum atomic E-state index is -2.91. The molecule has 0 bridgehead atoms. The maximum absolute atomic E-state index is 14.9. The van der Waals surface area contributed by atoms with Crippen LogP contribution in [0, 0.1) is 12.7 Å². The van der Waals surface area contributed by atoms with E-state index in [-0.39, 0.29) is 17.9 Å². The van der Waals surface area contributed by atoms with Gasteiger partial charge in [-0.25, -0.2) is 23.1 Å². The van der Waals surface area contributed by atoms with Gasteiger partial charge in [-0.05, 0) is 45.8 Å². The van der Waals surface area contributed by atoms with Crippen molar-refractivity contribution in [3.05, 3.63) is 64.2 Å². The normalized spacial score (nSPS) is 16.1. The molecule has 0 aliphatic carbocycles. The fourth-order valence-corrected chi connectivity index (χ4v) is 5.40. The van der Waals surface area contributed by atoms with Gasteiger partial charge in [0.2, 0.25) is 5.91 Å². The predicted molar refractivity (Wildman–Crippen MR) is 147 cm³/mol. The molecule has 1 amide bonds. The Hall–Kier alpha value is -3.66. The Labute approximate surface area is 231 Å². The molecular weight excluding hydrogens is 521 g/mol. The predicted octanol–water partition coefficient (Wildman–Crippen LogP) is 5.90. The van der Waals surface area contributed by atoms with E-state index in [0.717, 1.165) is 39.4 Å². The molecule has 2 aliphatic rings. The summed E-state index contributed by atoms with van der Waals surface area (Å²) in [6, 6.07) is 5.32. The quantitative estimate of drug-likeness (QED) is 0.378. The molecule has 7 nitrogen and oxygen atoms in total. The van der Waals surface area contributed by atoms with Crippen molar-refractivity contribution in [2.75, 3.05) is 25.0 Å². The highest BCUT2D eigenvalue weighted by Gasteiger charge is 2.29. The first-order valence-corrected chi connectivity index (χ1v) is 13.4. The van der Waals surface area contributed by atoms with Crippen molar-refractivity contribution in [3.8, 4) is 5.75 Å². The standard InChI is InChI=1S/C30H33F3N4O3/c1-16(19-6-5-7-20(25(19)31)28(32)33)34-29-23-14-22(27-21(10-13-40-27)26(23)35-17(2)36-29)18-8-11-37(12-9-18)24(38)15-30(3,4)39/h5-8,14,16,28,39H,9-13,15H2,1-4H3,(H,34,35,36)/t16-/m1/s1. The van der Waals surface area contributed by atoms with Crippen LogP contribution in [-0.4, -0.2) is 51.2 Å². The van der Waals surface area contributed by atoms with E-state index >= 15 is 0 Å². The minimum absolute atomic E-state index is 0.0510. The number of halogens is 3. The number of rotatable bonds is 7. The number of carbonyl (C=O) groups is 1. The van der Waals surface area contributed by atoms with Gasteiger partial charge in [-0.2, -0.15) is 0 Å². The maximum Gasteiger partial charge on any atom is 0.266 e. The zero-order valence-electron chi connectivity index (χ0n) is 23.0. The largest absolute Gasteiger partial charge is 0.492 e. The van der Waals surface area contributed by atoms with Gasteiger partial charge < -0.3 is 20.1 Å². The highest BCUT2D eigenvalue weighted by atomic mass is 19.3. The molecule has 3 heterocycles. The molecule has 0 saturated carbocycles. The minimum Gasteiger partial charge on any atom is -0.492 e. The lowest BCUT2D eigenvalue weighted by Crippen LogP contribution is -2.38. The van der Waals surface area contributed by atoms with Gasteiger partial charge in [0.1, 0.15) is 23.2 Å². The third-order valence-electron chi connectivity index (χ3n) is 7.35. The van der Waals surface area contributed by atoms with Crippen LogP contribution in [0.4, 0.5) is 19.0 Å². The number of ether oxygens (including phenoxy) is 1. The summed E-state index contributed by atoms with van der Waals surface area (Å²) in [4.78, 5) is 23.6. The number of alkyl halides is 2. The Balaban J connectivity index is 1.52. The molecule has 0 fully saturated rings. The second-order valence-electron chi connectivity index (χ2n) is 11.1. The summed E-state index contributed by atoms with van der Waals surface area (Å²) in [5.74, 6) is 0.728. The lowest BCUT2D eigenvalue weighted by atomic mass is 9.93. The fourth-order valence-electron chi connectivity index (χ4n) is 5.40.